The van der Waals surface area contributed by atoms with Gasteiger partial charge in [-0.1, -0.05) is 36.7 Å². The fourth-order valence-corrected chi connectivity index (χ4v) is 1.87. The van der Waals surface area contributed by atoms with E-state index < -0.39 is 0 Å². The topological polar surface area (TPSA) is 27.7 Å². The van der Waals surface area contributed by atoms with Gasteiger partial charge in [0, 0.05) is 5.02 Å². The maximum absolute atomic E-state index is 6.05. The van der Waals surface area contributed by atoms with Crippen molar-refractivity contribution in [2.75, 3.05) is 13.2 Å². The molecule has 1 fully saturated rings. The number of benzene rings is 1. The minimum atomic E-state index is -0.0739. The Bertz CT molecular complexity index is 348. The highest BCUT2D eigenvalue weighted by Gasteiger charge is 2.21. The number of hydrogen-bond donors (Lipinski definition) is 0. The molecule has 0 N–H and O–H groups in total. The first kappa shape index (κ1) is 12.8. The van der Waals surface area contributed by atoms with Crippen LogP contribution in [0.1, 0.15) is 18.9 Å². The van der Waals surface area contributed by atoms with Gasteiger partial charge in [0.15, 0.2) is 6.29 Å². The largest absolute Gasteiger partial charge is 0.369 e. The molecule has 0 atom stereocenters. The summed E-state index contributed by atoms with van der Waals surface area (Å²) in [6, 6.07) is 7.68. The Labute approximate surface area is 107 Å². The van der Waals surface area contributed by atoms with Gasteiger partial charge in [-0.05, 0) is 18.1 Å². The van der Waals surface area contributed by atoms with Crippen molar-refractivity contribution in [1.29, 1.82) is 0 Å². The van der Waals surface area contributed by atoms with Crippen LogP contribution in [-0.2, 0) is 20.8 Å². The molecule has 1 aromatic carbocycles. The fraction of sp³-hybridized carbons (Fsp3) is 0.538. The molecule has 0 radical (unpaired) electrons. The van der Waals surface area contributed by atoms with Gasteiger partial charge in [-0.3, -0.25) is 0 Å². The zero-order chi connectivity index (χ0) is 12.1. The summed E-state index contributed by atoms with van der Waals surface area (Å²) in [6.45, 7) is 3.70. The SMILES string of the molecule is CCC1OCC(OCc2ccccc2Cl)CO1. The molecule has 1 aromatic rings. The highest BCUT2D eigenvalue weighted by Crippen LogP contribution is 2.18. The second kappa shape index (κ2) is 6.36. The summed E-state index contributed by atoms with van der Waals surface area (Å²) < 4.78 is 16.7. The Balaban J connectivity index is 1.78. The molecule has 0 spiro atoms. The van der Waals surface area contributed by atoms with Gasteiger partial charge in [-0.25, -0.2) is 0 Å². The van der Waals surface area contributed by atoms with Crippen LogP contribution in [0.15, 0.2) is 24.3 Å². The van der Waals surface area contributed by atoms with E-state index in [9.17, 15) is 0 Å². The van der Waals surface area contributed by atoms with Gasteiger partial charge in [0.1, 0.15) is 6.10 Å². The third-order valence-electron chi connectivity index (χ3n) is 2.70. The third kappa shape index (κ3) is 3.68. The second-order valence-electron chi connectivity index (χ2n) is 4.03. The van der Waals surface area contributed by atoms with Crippen LogP contribution in [0, 0.1) is 0 Å². The Morgan fingerprint density at radius 1 is 1.29 bits per heavy atom. The minimum absolute atomic E-state index is 0.00549. The van der Waals surface area contributed by atoms with E-state index in [0.717, 1.165) is 17.0 Å². The van der Waals surface area contributed by atoms with Crippen LogP contribution in [0.4, 0.5) is 0 Å². The summed E-state index contributed by atoms with van der Waals surface area (Å²) in [7, 11) is 0. The molecular formula is C13H17ClO3. The molecule has 4 heteroatoms. The average molecular weight is 257 g/mol. The van der Waals surface area contributed by atoms with Crippen LogP contribution < -0.4 is 0 Å². The molecule has 1 aliphatic rings. The fourth-order valence-electron chi connectivity index (χ4n) is 1.68. The highest BCUT2D eigenvalue weighted by atomic mass is 35.5. The van der Waals surface area contributed by atoms with Crippen LogP contribution in [0.3, 0.4) is 0 Å². The lowest BCUT2D eigenvalue weighted by molar-refractivity contribution is -0.228. The molecular weight excluding hydrogens is 240 g/mol. The lowest BCUT2D eigenvalue weighted by Crippen LogP contribution is -2.36. The van der Waals surface area contributed by atoms with Gasteiger partial charge in [-0.2, -0.15) is 0 Å². The van der Waals surface area contributed by atoms with Crippen molar-refractivity contribution in [3.63, 3.8) is 0 Å². The first-order valence-electron chi connectivity index (χ1n) is 5.87. The van der Waals surface area contributed by atoms with E-state index >= 15 is 0 Å². The average Bonchev–Trinajstić information content (AvgIpc) is 2.38. The van der Waals surface area contributed by atoms with E-state index in [1.54, 1.807) is 0 Å². The second-order valence-corrected chi connectivity index (χ2v) is 4.44. The number of rotatable bonds is 4. The summed E-state index contributed by atoms with van der Waals surface area (Å²) >= 11 is 6.05. The Morgan fingerprint density at radius 2 is 2.00 bits per heavy atom. The van der Waals surface area contributed by atoms with E-state index in [4.69, 9.17) is 25.8 Å². The lowest BCUT2D eigenvalue weighted by atomic mass is 10.2. The van der Waals surface area contributed by atoms with Gasteiger partial charge in [0.2, 0.25) is 0 Å². The zero-order valence-corrected chi connectivity index (χ0v) is 10.7. The van der Waals surface area contributed by atoms with Crippen molar-refractivity contribution in [1.82, 2.24) is 0 Å². The Morgan fingerprint density at radius 3 is 2.65 bits per heavy atom. The summed E-state index contributed by atoms with van der Waals surface area (Å²) in [5.41, 5.74) is 0.992. The molecule has 0 bridgehead atoms. The smallest absolute Gasteiger partial charge is 0.157 e. The molecule has 94 valence electrons. The molecule has 17 heavy (non-hydrogen) atoms. The van der Waals surface area contributed by atoms with Crippen LogP contribution in [-0.4, -0.2) is 25.6 Å². The lowest BCUT2D eigenvalue weighted by Gasteiger charge is -2.28. The van der Waals surface area contributed by atoms with Crippen molar-refractivity contribution in [2.45, 2.75) is 32.3 Å². The van der Waals surface area contributed by atoms with Crippen molar-refractivity contribution >= 4 is 11.6 Å². The monoisotopic (exact) mass is 256 g/mol. The Kier molecular flexibility index (Phi) is 4.80. The van der Waals surface area contributed by atoms with Gasteiger partial charge < -0.3 is 14.2 Å². The van der Waals surface area contributed by atoms with E-state index in [1.807, 2.05) is 31.2 Å². The predicted octanol–water partition coefficient (Wildman–Crippen LogP) is 3.01. The molecule has 3 nitrogen and oxygen atoms in total. The summed E-state index contributed by atoms with van der Waals surface area (Å²) in [6.07, 6.45) is 0.793. The van der Waals surface area contributed by atoms with Crippen molar-refractivity contribution in [2.24, 2.45) is 0 Å². The van der Waals surface area contributed by atoms with E-state index in [2.05, 4.69) is 0 Å². The van der Waals surface area contributed by atoms with Crippen LogP contribution in [0.2, 0.25) is 5.02 Å². The standard InChI is InChI=1S/C13H17ClO3/c1-2-13-16-8-11(9-17-13)15-7-10-5-3-4-6-12(10)14/h3-6,11,13H,2,7-9H2,1H3. The molecule has 0 aliphatic carbocycles. The van der Waals surface area contributed by atoms with Crippen LogP contribution in [0.25, 0.3) is 0 Å². The van der Waals surface area contributed by atoms with E-state index in [-0.39, 0.29) is 12.4 Å². The summed E-state index contributed by atoms with van der Waals surface area (Å²) in [4.78, 5) is 0. The first-order valence-corrected chi connectivity index (χ1v) is 6.25. The molecule has 0 unspecified atom stereocenters. The third-order valence-corrected chi connectivity index (χ3v) is 3.07. The van der Waals surface area contributed by atoms with E-state index in [1.165, 1.54) is 0 Å². The van der Waals surface area contributed by atoms with Crippen LogP contribution in [0.5, 0.6) is 0 Å². The van der Waals surface area contributed by atoms with E-state index in [0.29, 0.717) is 19.8 Å². The van der Waals surface area contributed by atoms with Crippen LogP contribution >= 0.6 is 11.6 Å². The summed E-state index contributed by atoms with van der Waals surface area (Å²) in [5.74, 6) is 0. The first-order chi connectivity index (χ1) is 8.29. The molecule has 1 saturated heterocycles. The van der Waals surface area contributed by atoms with Gasteiger partial charge >= 0.3 is 0 Å². The number of halogens is 1. The van der Waals surface area contributed by atoms with Crippen molar-refractivity contribution in [3.05, 3.63) is 34.9 Å². The molecule has 2 rings (SSSR count). The Hall–Kier alpha value is -0.610. The molecule has 0 amide bonds. The number of hydrogen-bond acceptors (Lipinski definition) is 3. The predicted molar refractivity (Wildman–Crippen MR) is 66.0 cm³/mol. The highest BCUT2D eigenvalue weighted by molar-refractivity contribution is 6.31. The number of ether oxygens (including phenoxy) is 3. The van der Waals surface area contributed by atoms with Gasteiger partial charge in [-0.15, -0.1) is 0 Å². The minimum Gasteiger partial charge on any atom is -0.369 e. The molecule has 0 aromatic heterocycles. The quantitative estimate of drug-likeness (QED) is 0.829. The normalized spacial score (nSPS) is 24.8. The molecule has 0 saturated carbocycles. The maximum atomic E-state index is 6.05. The zero-order valence-electron chi connectivity index (χ0n) is 9.90. The van der Waals surface area contributed by atoms with Crippen molar-refractivity contribution < 1.29 is 14.2 Å². The van der Waals surface area contributed by atoms with Crippen molar-refractivity contribution in [3.8, 4) is 0 Å². The summed E-state index contributed by atoms with van der Waals surface area (Å²) in [5, 5.41) is 0.733. The molecule has 1 heterocycles. The maximum Gasteiger partial charge on any atom is 0.157 e. The van der Waals surface area contributed by atoms with Gasteiger partial charge in [0.05, 0.1) is 19.8 Å². The molecule has 1 aliphatic heterocycles. The van der Waals surface area contributed by atoms with Gasteiger partial charge in [0.25, 0.3) is 0 Å².